The van der Waals surface area contributed by atoms with Gasteiger partial charge < -0.3 is 105 Å². The highest BCUT2D eigenvalue weighted by atomic mass is 16.8. The van der Waals surface area contributed by atoms with Crippen LogP contribution in [0.2, 0.25) is 0 Å². The summed E-state index contributed by atoms with van der Waals surface area (Å²) >= 11 is 0. The molecule has 4 aliphatic heterocycles. The zero-order chi connectivity index (χ0) is 33.3. The highest BCUT2D eigenvalue weighted by Crippen LogP contribution is 2.34. The Kier molecular flexibility index (Phi) is 12.8. The van der Waals surface area contributed by atoms with Gasteiger partial charge in [-0.3, -0.25) is 0 Å². The first-order valence-corrected chi connectivity index (χ1v) is 14.1. The summed E-state index contributed by atoms with van der Waals surface area (Å²) in [4.78, 5) is 0. The Morgan fingerprint density at radius 1 is 0.333 bits per heavy atom. The van der Waals surface area contributed by atoms with Crippen molar-refractivity contribution in [1.29, 1.82) is 0 Å². The van der Waals surface area contributed by atoms with E-state index in [4.69, 9.17) is 33.2 Å². The number of aliphatic hydroxyl groups is 14. The molecule has 264 valence electrons. The molecule has 0 spiro atoms. The van der Waals surface area contributed by atoms with Crippen molar-refractivity contribution in [3.8, 4) is 0 Å². The van der Waals surface area contributed by atoms with Gasteiger partial charge in [0.1, 0.15) is 97.7 Å². The van der Waals surface area contributed by atoms with E-state index in [0.717, 1.165) is 0 Å². The Morgan fingerprint density at radius 2 is 0.644 bits per heavy atom. The Hall–Kier alpha value is -0.840. The summed E-state index contributed by atoms with van der Waals surface area (Å²) in [7, 11) is 0. The van der Waals surface area contributed by atoms with Crippen LogP contribution in [-0.4, -0.2) is 221 Å². The number of hydrogen-bond acceptors (Lipinski definition) is 21. The van der Waals surface area contributed by atoms with E-state index in [1.54, 1.807) is 0 Å². The normalized spacial score (nSPS) is 52.9. The standard InChI is InChI=1S/C24H42O21/c25-1-5-9(29)10(30)15(35)22(40-5)44-19-7(3-27)42-24(17(37)12(19)32)45-20-8(4-28)41-23(16(36)13(20)33)43-18-6(2-26)39-21(38)14(34)11(18)31/h5-38H,1-4H2/t5-,6-,7-,8-,9-,10+,11-,12-,13-,14+,15+,16+,17+,18-,19-,20-,21+,22-,23-,24-/m1/s1. The average molecular weight is 667 g/mol. The molecule has 4 fully saturated rings. The third kappa shape index (κ3) is 7.44. The van der Waals surface area contributed by atoms with Crippen molar-refractivity contribution in [2.24, 2.45) is 0 Å². The van der Waals surface area contributed by atoms with Crippen LogP contribution in [0.1, 0.15) is 0 Å². The van der Waals surface area contributed by atoms with Crippen LogP contribution in [0.3, 0.4) is 0 Å². The van der Waals surface area contributed by atoms with E-state index >= 15 is 0 Å². The van der Waals surface area contributed by atoms with Gasteiger partial charge in [-0.25, -0.2) is 0 Å². The summed E-state index contributed by atoms with van der Waals surface area (Å²) in [5.74, 6) is 0. The zero-order valence-corrected chi connectivity index (χ0v) is 23.5. The Morgan fingerprint density at radius 3 is 1.02 bits per heavy atom. The summed E-state index contributed by atoms with van der Waals surface area (Å²) in [5.41, 5.74) is 0. The van der Waals surface area contributed by atoms with Gasteiger partial charge >= 0.3 is 0 Å². The molecule has 4 saturated heterocycles. The smallest absolute Gasteiger partial charge is 0.187 e. The molecule has 0 bridgehead atoms. The van der Waals surface area contributed by atoms with Crippen LogP contribution in [0.5, 0.6) is 0 Å². The Bertz CT molecular complexity index is 910. The van der Waals surface area contributed by atoms with Crippen molar-refractivity contribution in [2.45, 2.75) is 123 Å². The molecule has 4 heterocycles. The molecular weight excluding hydrogens is 624 g/mol. The summed E-state index contributed by atoms with van der Waals surface area (Å²) in [6.45, 7) is -3.39. The van der Waals surface area contributed by atoms with Crippen LogP contribution in [0, 0.1) is 0 Å². The monoisotopic (exact) mass is 666 g/mol. The highest BCUT2D eigenvalue weighted by molar-refractivity contribution is 4.97. The van der Waals surface area contributed by atoms with Crippen LogP contribution in [0.25, 0.3) is 0 Å². The highest BCUT2D eigenvalue weighted by Gasteiger charge is 2.55. The van der Waals surface area contributed by atoms with Crippen LogP contribution < -0.4 is 0 Å². The van der Waals surface area contributed by atoms with Crippen molar-refractivity contribution < 1.29 is 105 Å². The molecule has 0 amide bonds. The summed E-state index contributed by atoms with van der Waals surface area (Å²) in [6, 6.07) is 0. The molecular formula is C24H42O21. The summed E-state index contributed by atoms with van der Waals surface area (Å²) in [6.07, 6.45) is -35.3. The van der Waals surface area contributed by atoms with E-state index in [1.807, 2.05) is 0 Å². The lowest BCUT2D eigenvalue weighted by Gasteiger charge is -2.49. The quantitative estimate of drug-likeness (QED) is 0.103. The van der Waals surface area contributed by atoms with Gasteiger partial charge in [-0.2, -0.15) is 0 Å². The first-order chi connectivity index (χ1) is 21.3. The largest absolute Gasteiger partial charge is 0.394 e. The fraction of sp³-hybridized carbons (Fsp3) is 1.00. The lowest BCUT2D eigenvalue weighted by molar-refractivity contribution is -0.387. The van der Waals surface area contributed by atoms with Crippen molar-refractivity contribution in [1.82, 2.24) is 0 Å². The van der Waals surface area contributed by atoms with Gasteiger partial charge in [0.15, 0.2) is 25.2 Å². The second-order valence-corrected chi connectivity index (χ2v) is 11.1. The van der Waals surface area contributed by atoms with Crippen molar-refractivity contribution in [3.63, 3.8) is 0 Å². The zero-order valence-electron chi connectivity index (χ0n) is 23.5. The predicted molar refractivity (Wildman–Crippen MR) is 134 cm³/mol. The van der Waals surface area contributed by atoms with Crippen LogP contribution >= 0.6 is 0 Å². The molecule has 20 atom stereocenters. The maximum Gasteiger partial charge on any atom is 0.187 e. The SMILES string of the molecule is OC[C@H]1O[C@H](O[C@H]2[C@H](O)[C@H](O)[C@@H](O[C@H]3[C@H](O)[C@H](O)[C@@H](O[C@H]4[C@H](O)[C@H](O)[C@@H](O)O[C@@H]4CO)O[C@@H]3CO)O[C@@H]2CO)[C@@H](O)[C@@H](O)[C@@H]1O. The minimum Gasteiger partial charge on any atom is -0.394 e. The van der Waals surface area contributed by atoms with Gasteiger partial charge in [-0.05, 0) is 0 Å². The molecule has 0 aliphatic carbocycles. The molecule has 4 rings (SSSR count). The van der Waals surface area contributed by atoms with Gasteiger partial charge in [0.25, 0.3) is 0 Å². The van der Waals surface area contributed by atoms with Crippen molar-refractivity contribution in [3.05, 3.63) is 0 Å². The molecule has 4 aliphatic rings. The second kappa shape index (κ2) is 15.6. The molecule has 0 aromatic carbocycles. The molecule has 0 aromatic heterocycles. The molecule has 0 radical (unpaired) electrons. The number of ether oxygens (including phenoxy) is 7. The molecule has 21 heteroatoms. The van der Waals surface area contributed by atoms with Crippen molar-refractivity contribution in [2.75, 3.05) is 26.4 Å². The molecule has 14 N–H and O–H groups in total. The maximum absolute atomic E-state index is 10.9. The van der Waals surface area contributed by atoms with Crippen LogP contribution in [0.15, 0.2) is 0 Å². The number of hydrogen-bond donors (Lipinski definition) is 14. The number of aliphatic hydroxyl groups excluding tert-OH is 14. The summed E-state index contributed by atoms with van der Waals surface area (Å²) in [5, 5.41) is 142. The fourth-order valence-electron chi connectivity index (χ4n) is 5.55. The van der Waals surface area contributed by atoms with Gasteiger partial charge in [0.05, 0.1) is 26.4 Å². The third-order valence-electron chi connectivity index (χ3n) is 8.20. The van der Waals surface area contributed by atoms with E-state index in [1.165, 1.54) is 0 Å². The lowest BCUT2D eigenvalue weighted by Crippen LogP contribution is -2.67. The van der Waals surface area contributed by atoms with Gasteiger partial charge in [0, 0.05) is 0 Å². The van der Waals surface area contributed by atoms with Crippen molar-refractivity contribution >= 4 is 0 Å². The molecule has 0 unspecified atom stereocenters. The van der Waals surface area contributed by atoms with Gasteiger partial charge in [-0.15, -0.1) is 0 Å². The molecule has 0 saturated carbocycles. The maximum atomic E-state index is 10.9. The number of rotatable bonds is 10. The van der Waals surface area contributed by atoms with Gasteiger partial charge in [0.2, 0.25) is 0 Å². The van der Waals surface area contributed by atoms with E-state index in [2.05, 4.69) is 0 Å². The van der Waals surface area contributed by atoms with Crippen LogP contribution in [-0.2, 0) is 33.2 Å². The second-order valence-electron chi connectivity index (χ2n) is 11.1. The Balaban J connectivity index is 1.43. The fourth-order valence-corrected chi connectivity index (χ4v) is 5.55. The molecule has 21 nitrogen and oxygen atoms in total. The Labute approximate surface area is 254 Å². The van der Waals surface area contributed by atoms with Crippen LogP contribution in [0.4, 0.5) is 0 Å². The predicted octanol–water partition coefficient (Wildman–Crippen LogP) is -9.75. The summed E-state index contributed by atoms with van der Waals surface area (Å²) < 4.78 is 37.7. The van der Waals surface area contributed by atoms with E-state index in [9.17, 15) is 71.5 Å². The lowest BCUT2D eigenvalue weighted by atomic mass is 9.95. The third-order valence-corrected chi connectivity index (χ3v) is 8.20. The van der Waals surface area contributed by atoms with E-state index in [-0.39, 0.29) is 0 Å². The molecule has 45 heavy (non-hydrogen) atoms. The minimum absolute atomic E-state index is 0.784. The first kappa shape index (κ1) is 37.0. The molecule has 0 aromatic rings. The average Bonchev–Trinajstić information content (AvgIpc) is 3.03. The first-order valence-electron chi connectivity index (χ1n) is 14.1. The van der Waals surface area contributed by atoms with E-state index in [0.29, 0.717) is 0 Å². The van der Waals surface area contributed by atoms with Gasteiger partial charge in [-0.1, -0.05) is 0 Å². The van der Waals surface area contributed by atoms with E-state index < -0.39 is 149 Å². The minimum atomic E-state index is -2.02. The topological polar surface area (TPSA) is 348 Å².